The molecule has 2 rings (SSSR count). The number of terminal acetylenes is 1. The second-order valence-corrected chi connectivity index (χ2v) is 4.29. The summed E-state index contributed by atoms with van der Waals surface area (Å²) in [7, 11) is 0. The Balaban J connectivity index is 0.000000956. The van der Waals surface area contributed by atoms with Gasteiger partial charge in [0.15, 0.2) is 0 Å². The van der Waals surface area contributed by atoms with Gasteiger partial charge in [-0.05, 0) is 23.1 Å². The van der Waals surface area contributed by atoms with Gasteiger partial charge in [0.2, 0.25) is 0 Å². The summed E-state index contributed by atoms with van der Waals surface area (Å²) in [6, 6.07) is 17.8. The standard InChI is InChI=1S/C16H16O2.C2H2/c1-2-15(16(17)18)14-10-8-13(9-11-14)12-6-4-3-5-7-12;1-2/h3-11,15H,2H2,1H3,(H,17,18);1-2H. The molecule has 0 spiro atoms. The van der Waals surface area contributed by atoms with E-state index in [1.165, 1.54) is 0 Å². The minimum atomic E-state index is -0.759. The number of benzene rings is 2. The predicted octanol–water partition coefficient (Wildman–Crippen LogP) is 4.18. The van der Waals surface area contributed by atoms with Crippen LogP contribution in [0.5, 0.6) is 0 Å². The van der Waals surface area contributed by atoms with Crippen molar-refractivity contribution in [3.8, 4) is 24.0 Å². The van der Waals surface area contributed by atoms with Crippen molar-refractivity contribution in [1.82, 2.24) is 0 Å². The Bertz CT molecular complexity index is 553. The normalized spacial score (nSPS) is 10.9. The molecule has 2 nitrogen and oxygen atoms in total. The van der Waals surface area contributed by atoms with Gasteiger partial charge < -0.3 is 5.11 Å². The van der Waals surface area contributed by atoms with E-state index in [0.29, 0.717) is 6.42 Å². The lowest BCUT2D eigenvalue weighted by atomic mass is 9.94. The molecular weight excluding hydrogens is 248 g/mol. The third-order valence-electron chi connectivity index (χ3n) is 3.13. The smallest absolute Gasteiger partial charge is 0.310 e. The van der Waals surface area contributed by atoms with Gasteiger partial charge in [0.05, 0.1) is 5.92 Å². The van der Waals surface area contributed by atoms with Crippen LogP contribution in [0.1, 0.15) is 24.8 Å². The fraction of sp³-hybridized carbons (Fsp3) is 0.167. The molecule has 2 aromatic carbocycles. The van der Waals surface area contributed by atoms with Gasteiger partial charge in [-0.15, -0.1) is 12.8 Å². The molecule has 0 aliphatic rings. The first-order chi connectivity index (χ1) is 9.72. The monoisotopic (exact) mass is 266 g/mol. The Kier molecular flexibility index (Phi) is 6.06. The maximum absolute atomic E-state index is 11.1. The highest BCUT2D eigenvalue weighted by molar-refractivity contribution is 5.76. The number of rotatable bonds is 4. The summed E-state index contributed by atoms with van der Waals surface area (Å²) in [6.45, 7) is 1.89. The first-order valence-corrected chi connectivity index (χ1v) is 6.44. The topological polar surface area (TPSA) is 37.3 Å². The summed E-state index contributed by atoms with van der Waals surface area (Å²) >= 11 is 0. The second kappa shape index (κ2) is 7.81. The van der Waals surface area contributed by atoms with Crippen LogP contribution < -0.4 is 0 Å². The summed E-state index contributed by atoms with van der Waals surface area (Å²) in [4.78, 5) is 11.1. The average Bonchev–Trinajstić information content (AvgIpc) is 2.51. The van der Waals surface area contributed by atoms with E-state index in [9.17, 15) is 4.79 Å². The molecule has 1 atom stereocenters. The van der Waals surface area contributed by atoms with Gasteiger partial charge in [0, 0.05) is 0 Å². The molecule has 2 heteroatoms. The van der Waals surface area contributed by atoms with E-state index < -0.39 is 11.9 Å². The van der Waals surface area contributed by atoms with Gasteiger partial charge in [-0.3, -0.25) is 4.79 Å². The zero-order chi connectivity index (χ0) is 15.0. The lowest BCUT2D eigenvalue weighted by Crippen LogP contribution is -2.10. The zero-order valence-electron chi connectivity index (χ0n) is 11.5. The van der Waals surface area contributed by atoms with Crippen LogP contribution in [0, 0.1) is 12.8 Å². The number of carboxylic acid groups (broad SMARTS) is 1. The van der Waals surface area contributed by atoms with E-state index in [2.05, 4.69) is 12.8 Å². The van der Waals surface area contributed by atoms with Gasteiger partial charge in [-0.1, -0.05) is 61.5 Å². The van der Waals surface area contributed by atoms with Gasteiger partial charge >= 0.3 is 5.97 Å². The minimum absolute atomic E-state index is 0.408. The Morgan fingerprint density at radius 3 is 1.95 bits per heavy atom. The first-order valence-electron chi connectivity index (χ1n) is 6.44. The molecule has 0 saturated carbocycles. The summed E-state index contributed by atoms with van der Waals surface area (Å²) in [5.74, 6) is -1.17. The minimum Gasteiger partial charge on any atom is -0.481 e. The third-order valence-corrected chi connectivity index (χ3v) is 3.13. The van der Waals surface area contributed by atoms with Crippen LogP contribution in [0.3, 0.4) is 0 Å². The Labute approximate surface area is 120 Å². The quantitative estimate of drug-likeness (QED) is 0.843. The van der Waals surface area contributed by atoms with Gasteiger partial charge in [0.25, 0.3) is 0 Å². The second-order valence-electron chi connectivity index (χ2n) is 4.29. The maximum atomic E-state index is 11.1. The lowest BCUT2D eigenvalue weighted by molar-refractivity contribution is -0.138. The van der Waals surface area contributed by atoms with E-state index in [0.717, 1.165) is 16.7 Å². The number of hydrogen-bond acceptors (Lipinski definition) is 1. The Hall–Kier alpha value is -2.53. The van der Waals surface area contributed by atoms with Crippen molar-refractivity contribution in [1.29, 1.82) is 0 Å². The van der Waals surface area contributed by atoms with Crippen LogP contribution in [0.4, 0.5) is 0 Å². The van der Waals surface area contributed by atoms with E-state index in [-0.39, 0.29) is 0 Å². The molecule has 1 unspecified atom stereocenters. The maximum Gasteiger partial charge on any atom is 0.310 e. The SMILES string of the molecule is C#C.CCC(C(=O)O)c1ccc(-c2ccccc2)cc1. The van der Waals surface area contributed by atoms with E-state index in [1.54, 1.807) is 0 Å². The molecule has 0 fully saturated rings. The van der Waals surface area contributed by atoms with E-state index in [4.69, 9.17) is 5.11 Å². The molecule has 0 bridgehead atoms. The summed E-state index contributed by atoms with van der Waals surface area (Å²) in [5, 5.41) is 9.11. The third kappa shape index (κ3) is 3.73. The predicted molar refractivity (Wildman–Crippen MR) is 82.4 cm³/mol. The van der Waals surface area contributed by atoms with Crippen LogP contribution >= 0.6 is 0 Å². The molecule has 0 radical (unpaired) electrons. The van der Waals surface area contributed by atoms with E-state index in [1.807, 2.05) is 61.5 Å². The molecular formula is C18H18O2. The van der Waals surface area contributed by atoms with Crippen molar-refractivity contribution in [3.63, 3.8) is 0 Å². The number of hydrogen-bond donors (Lipinski definition) is 1. The van der Waals surface area contributed by atoms with Crippen molar-refractivity contribution >= 4 is 5.97 Å². The summed E-state index contributed by atoms with van der Waals surface area (Å²) in [6.07, 6.45) is 8.61. The summed E-state index contributed by atoms with van der Waals surface area (Å²) < 4.78 is 0. The average molecular weight is 266 g/mol. The first kappa shape index (κ1) is 15.5. The fourth-order valence-electron chi connectivity index (χ4n) is 2.09. The number of carbonyl (C=O) groups is 1. The molecule has 0 saturated heterocycles. The Morgan fingerprint density at radius 2 is 1.50 bits per heavy atom. The fourth-order valence-corrected chi connectivity index (χ4v) is 2.09. The largest absolute Gasteiger partial charge is 0.481 e. The molecule has 1 N–H and O–H groups in total. The van der Waals surface area contributed by atoms with Crippen LogP contribution in [0.15, 0.2) is 54.6 Å². The molecule has 2 aromatic rings. The summed E-state index contributed by atoms with van der Waals surface area (Å²) in [5.41, 5.74) is 3.12. The van der Waals surface area contributed by atoms with Crippen LogP contribution in [-0.2, 0) is 4.79 Å². The molecule has 0 aliphatic heterocycles. The van der Waals surface area contributed by atoms with Gasteiger partial charge in [-0.2, -0.15) is 0 Å². The molecule has 102 valence electrons. The van der Waals surface area contributed by atoms with E-state index >= 15 is 0 Å². The van der Waals surface area contributed by atoms with Gasteiger partial charge in [0.1, 0.15) is 0 Å². The number of carboxylic acids is 1. The highest BCUT2D eigenvalue weighted by atomic mass is 16.4. The zero-order valence-corrected chi connectivity index (χ0v) is 11.5. The molecule has 0 heterocycles. The van der Waals surface area contributed by atoms with Crippen molar-refractivity contribution in [3.05, 3.63) is 60.2 Å². The highest BCUT2D eigenvalue weighted by Gasteiger charge is 2.16. The van der Waals surface area contributed by atoms with Crippen molar-refractivity contribution < 1.29 is 9.90 Å². The van der Waals surface area contributed by atoms with Crippen LogP contribution in [0.25, 0.3) is 11.1 Å². The highest BCUT2D eigenvalue weighted by Crippen LogP contribution is 2.24. The van der Waals surface area contributed by atoms with Crippen molar-refractivity contribution in [2.24, 2.45) is 0 Å². The lowest BCUT2D eigenvalue weighted by Gasteiger charge is -2.10. The van der Waals surface area contributed by atoms with Gasteiger partial charge in [-0.25, -0.2) is 0 Å². The number of aliphatic carboxylic acids is 1. The van der Waals surface area contributed by atoms with Crippen molar-refractivity contribution in [2.45, 2.75) is 19.3 Å². The van der Waals surface area contributed by atoms with Crippen LogP contribution in [-0.4, -0.2) is 11.1 Å². The van der Waals surface area contributed by atoms with Crippen LogP contribution in [0.2, 0.25) is 0 Å². The van der Waals surface area contributed by atoms with Crippen molar-refractivity contribution in [2.75, 3.05) is 0 Å². The molecule has 20 heavy (non-hydrogen) atoms. The molecule has 0 amide bonds. The molecule has 0 aliphatic carbocycles. The molecule has 0 aromatic heterocycles. The Morgan fingerprint density at radius 1 is 1.00 bits per heavy atom.